The van der Waals surface area contributed by atoms with Gasteiger partial charge in [-0.05, 0) is 49.8 Å². The maximum Gasteiger partial charge on any atom is 0.229 e. The molecule has 1 aromatic carbocycles. The van der Waals surface area contributed by atoms with Gasteiger partial charge in [0.2, 0.25) is 9.04 Å². The molecule has 4 heteroatoms. The Kier molecular flexibility index (Phi) is 3.99. The van der Waals surface area contributed by atoms with Crippen LogP contribution < -0.4 is 4.43 Å². The molecule has 0 spiro atoms. The second-order valence-electron chi connectivity index (χ2n) is 4.41. The summed E-state index contributed by atoms with van der Waals surface area (Å²) in [5, 5.41) is 0. The van der Waals surface area contributed by atoms with E-state index in [0.29, 0.717) is 0 Å². The summed E-state index contributed by atoms with van der Waals surface area (Å²) in [7, 11) is -1.13. The summed E-state index contributed by atoms with van der Waals surface area (Å²) in [4.78, 5) is 4.42. The zero-order valence-corrected chi connectivity index (χ0v) is 12.0. The standard InChI is InChI=1S/C14H17NO2Si/c1-11-6-7-13(14(9-11)17-18(2)3)15-10-12-5-4-8-16-12/h4-10,18H,1-3H3. The Bertz CT molecular complexity index is 533. The van der Waals surface area contributed by atoms with Gasteiger partial charge in [0, 0.05) is 0 Å². The molecule has 0 atom stereocenters. The van der Waals surface area contributed by atoms with Crippen molar-refractivity contribution in [2.75, 3.05) is 0 Å². The van der Waals surface area contributed by atoms with E-state index in [4.69, 9.17) is 8.84 Å². The first-order valence-electron chi connectivity index (χ1n) is 6.00. The molecule has 0 saturated heterocycles. The van der Waals surface area contributed by atoms with E-state index in [1.165, 1.54) is 5.56 Å². The number of rotatable bonds is 4. The Hall–Kier alpha value is -1.81. The molecular formula is C14H17NO2Si. The van der Waals surface area contributed by atoms with Gasteiger partial charge >= 0.3 is 0 Å². The first-order valence-corrected chi connectivity index (χ1v) is 8.78. The number of furan rings is 1. The van der Waals surface area contributed by atoms with Crippen LogP contribution in [-0.2, 0) is 0 Å². The minimum Gasteiger partial charge on any atom is -0.546 e. The lowest BCUT2D eigenvalue weighted by molar-refractivity contribution is 0.560. The van der Waals surface area contributed by atoms with Crippen LogP contribution in [0.4, 0.5) is 5.69 Å². The molecule has 0 bridgehead atoms. The van der Waals surface area contributed by atoms with Crippen molar-refractivity contribution in [2.24, 2.45) is 4.99 Å². The molecule has 0 unspecified atom stereocenters. The molecule has 2 aromatic rings. The molecule has 94 valence electrons. The van der Waals surface area contributed by atoms with E-state index in [2.05, 4.69) is 25.0 Å². The van der Waals surface area contributed by atoms with Crippen LogP contribution in [0.15, 0.2) is 46.0 Å². The summed E-state index contributed by atoms with van der Waals surface area (Å²) in [5.41, 5.74) is 2.02. The normalized spacial score (nSPS) is 11.3. The van der Waals surface area contributed by atoms with Gasteiger partial charge in [-0.3, -0.25) is 0 Å². The largest absolute Gasteiger partial charge is 0.546 e. The fraction of sp³-hybridized carbons (Fsp3) is 0.214. The molecule has 0 amide bonds. The van der Waals surface area contributed by atoms with E-state index in [9.17, 15) is 0 Å². The van der Waals surface area contributed by atoms with E-state index in [-0.39, 0.29) is 0 Å². The van der Waals surface area contributed by atoms with Crippen molar-refractivity contribution < 1.29 is 8.84 Å². The van der Waals surface area contributed by atoms with Crippen molar-refractivity contribution >= 4 is 20.9 Å². The molecule has 0 N–H and O–H groups in total. The highest BCUT2D eigenvalue weighted by Gasteiger charge is 2.05. The van der Waals surface area contributed by atoms with Crippen LogP contribution in [0.3, 0.4) is 0 Å². The van der Waals surface area contributed by atoms with E-state index in [1.54, 1.807) is 12.5 Å². The maximum absolute atomic E-state index is 5.89. The summed E-state index contributed by atoms with van der Waals surface area (Å²) in [6, 6.07) is 9.75. The SMILES string of the molecule is Cc1ccc(N=Cc2ccco2)c(O[SiH](C)C)c1. The van der Waals surface area contributed by atoms with Crippen molar-refractivity contribution in [1.82, 2.24) is 0 Å². The minimum absolute atomic E-state index is 0.739. The Balaban J connectivity index is 2.26. The van der Waals surface area contributed by atoms with Crippen molar-refractivity contribution in [3.8, 4) is 5.75 Å². The maximum atomic E-state index is 5.89. The zero-order chi connectivity index (χ0) is 13.0. The third-order valence-electron chi connectivity index (χ3n) is 2.35. The Morgan fingerprint density at radius 3 is 2.72 bits per heavy atom. The van der Waals surface area contributed by atoms with Crippen LogP contribution in [0, 0.1) is 6.92 Å². The highest BCUT2D eigenvalue weighted by Crippen LogP contribution is 2.29. The van der Waals surface area contributed by atoms with Crippen LogP contribution in [0.2, 0.25) is 13.1 Å². The number of nitrogens with zero attached hydrogens (tertiary/aromatic N) is 1. The number of hydrogen-bond acceptors (Lipinski definition) is 3. The monoisotopic (exact) mass is 259 g/mol. The van der Waals surface area contributed by atoms with Gasteiger partial charge < -0.3 is 8.84 Å². The molecule has 0 aliphatic carbocycles. The molecule has 1 heterocycles. The first-order chi connectivity index (χ1) is 8.65. The minimum atomic E-state index is -1.13. The van der Waals surface area contributed by atoms with Crippen molar-refractivity contribution in [1.29, 1.82) is 0 Å². The van der Waals surface area contributed by atoms with Gasteiger partial charge in [0.15, 0.2) is 0 Å². The highest BCUT2D eigenvalue weighted by molar-refractivity contribution is 6.49. The Morgan fingerprint density at radius 1 is 1.28 bits per heavy atom. The van der Waals surface area contributed by atoms with Crippen molar-refractivity contribution in [3.05, 3.63) is 47.9 Å². The second-order valence-corrected chi connectivity index (χ2v) is 6.74. The van der Waals surface area contributed by atoms with Gasteiger partial charge in [0.05, 0.1) is 12.5 Å². The van der Waals surface area contributed by atoms with Crippen LogP contribution in [0.5, 0.6) is 5.75 Å². The predicted molar refractivity (Wildman–Crippen MR) is 76.6 cm³/mol. The lowest BCUT2D eigenvalue weighted by Crippen LogP contribution is -2.11. The summed E-state index contributed by atoms with van der Waals surface area (Å²) < 4.78 is 11.1. The number of benzene rings is 1. The third kappa shape index (κ3) is 3.34. The van der Waals surface area contributed by atoms with Gasteiger partial charge in [0.25, 0.3) is 0 Å². The van der Waals surface area contributed by atoms with Crippen molar-refractivity contribution in [2.45, 2.75) is 20.0 Å². The summed E-state index contributed by atoms with van der Waals surface area (Å²) >= 11 is 0. The van der Waals surface area contributed by atoms with Crippen LogP contribution >= 0.6 is 0 Å². The lowest BCUT2D eigenvalue weighted by Gasteiger charge is -2.12. The van der Waals surface area contributed by atoms with E-state index >= 15 is 0 Å². The number of hydrogen-bond donors (Lipinski definition) is 0. The molecule has 0 aliphatic rings. The van der Waals surface area contributed by atoms with Gasteiger partial charge in [-0.2, -0.15) is 0 Å². The van der Waals surface area contributed by atoms with Gasteiger partial charge in [0.1, 0.15) is 17.2 Å². The van der Waals surface area contributed by atoms with Gasteiger partial charge in [-0.1, -0.05) is 6.07 Å². The average Bonchev–Trinajstić information content (AvgIpc) is 2.80. The Labute approximate surface area is 109 Å². The molecule has 0 radical (unpaired) electrons. The van der Waals surface area contributed by atoms with Gasteiger partial charge in [-0.25, -0.2) is 4.99 Å². The average molecular weight is 259 g/mol. The van der Waals surface area contributed by atoms with Crippen LogP contribution in [0.1, 0.15) is 11.3 Å². The molecule has 0 fully saturated rings. The molecular weight excluding hydrogens is 242 g/mol. The highest BCUT2D eigenvalue weighted by atomic mass is 28.3. The van der Waals surface area contributed by atoms with Crippen molar-refractivity contribution in [3.63, 3.8) is 0 Å². The topological polar surface area (TPSA) is 34.7 Å². The van der Waals surface area contributed by atoms with E-state index < -0.39 is 9.04 Å². The van der Waals surface area contributed by atoms with Crippen LogP contribution in [-0.4, -0.2) is 15.3 Å². The molecule has 0 saturated carbocycles. The Morgan fingerprint density at radius 2 is 2.11 bits per heavy atom. The van der Waals surface area contributed by atoms with Crippen LogP contribution in [0.25, 0.3) is 0 Å². The molecule has 1 aromatic heterocycles. The number of aryl methyl sites for hydroxylation is 1. The smallest absolute Gasteiger partial charge is 0.229 e. The molecule has 18 heavy (non-hydrogen) atoms. The second kappa shape index (κ2) is 5.69. The third-order valence-corrected chi connectivity index (χ3v) is 3.08. The fourth-order valence-electron chi connectivity index (χ4n) is 1.57. The molecule has 2 rings (SSSR count). The van der Waals surface area contributed by atoms with Gasteiger partial charge in [-0.15, -0.1) is 0 Å². The zero-order valence-electron chi connectivity index (χ0n) is 10.9. The first kappa shape index (κ1) is 12.6. The number of aliphatic imine (C=N–C) groups is 1. The summed E-state index contributed by atoms with van der Waals surface area (Å²) in [5.74, 6) is 1.60. The molecule has 3 nitrogen and oxygen atoms in total. The predicted octanol–water partition coefficient (Wildman–Crippen LogP) is 3.70. The lowest BCUT2D eigenvalue weighted by atomic mass is 10.2. The fourth-order valence-corrected chi connectivity index (χ4v) is 2.27. The summed E-state index contributed by atoms with van der Waals surface area (Å²) in [6.07, 6.45) is 3.34. The van der Waals surface area contributed by atoms with E-state index in [0.717, 1.165) is 17.2 Å². The van der Waals surface area contributed by atoms with E-state index in [1.807, 2.05) is 30.3 Å². The molecule has 0 aliphatic heterocycles. The summed E-state index contributed by atoms with van der Waals surface area (Å²) in [6.45, 7) is 6.33. The quantitative estimate of drug-likeness (QED) is 0.620.